The van der Waals surface area contributed by atoms with Gasteiger partial charge in [0.2, 0.25) is 0 Å². The highest BCUT2D eigenvalue weighted by atomic mass is 32.1. The summed E-state index contributed by atoms with van der Waals surface area (Å²) in [6, 6.07) is 8.64. The number of carbonyl (C=O) groups excluding carboxylic acids is 1. The molecule has 1 amide bonds. The van der Waals surface area contributed by atoms with E-state index < -0.39 is 5.56 Å². The van der Waals surface area contributed by atoms with Crippen LogP contribution in [0.5, 0.6) is 0 Å². The zero-order valence-electron chi connectivity index (χ0n) is 11.9. The average molecular weight is 314 g/mol. The molecule has 0 aliphatic heterocycles. The lowest BCUT2D eigenvalue weighted by Crippen LogP contribution is -2.31. The van der Waals surface area contributed by atoms with Crippen molar-refractivity contribution in [3.63, 3.8) is 0 Å². The summed E-state index contributed by atoms with van der Waals surface area (Å²) in [5.41, 5.74) is 1.29. The highest BCUT2D eigenvalue weighted by Crippen LogP contribution is 2.16. The molecule has 0 spiro atoms. The molecule has 0 aromatic carbocycles. The standard InChI is InChI=1S/C16H14N2O3S/c1-18(9-11-6-8-22-10-11)16(20)12-4-5-13(17-15(12)19)14-3-2-7-21-14/h2-8,10H,9H2,1H3,(H,17,19). The Morgan fingerprint density at radius 3 is 2.82 bits per heavy atom. The molecule has 22 heavy (non-hydrogen) atoms. The van der Waals surface area contributed by atoms with Crippen molar-refractivity contribution in [2.45, 2.75) is 6.54 Å². The second-order valence-corrected chi connectivity index (χ2v) is 5.66. The van der Waals surface area contributed by atoms with E-state index in [1.165, 1.54) is 17.2 Å². The van der Waals surface area contributed by atoms with Crippen LogP contribution in [0.1, 0.15) is 15.9 Å². The molecule has 0 bridgehead atoms. The third-order valence-corrected chi connectivity index (χ3v) is 4.01. The highest BCUT2D eigenvalue weighted by Gasteiger charge is 2.16. The summed E-state index contributed by atoms with van der Waals surface area (Å²) in [5, 5.41) is 3.94. The van der Waals surface area contributed by atoms with Gasteiger partial charge in [-0.2, -0.15) is 11.3 Å². The van der Waals surface area contributed by atoms with E-state index in [0.29, 0.717) is 18.0 Å². The first-order valence-corrected chi connectivity index (χ1v) is 7.63. The van der Waals surface area contributed by atoms with Gasteiger partial charge in [-0.05, 0) is 46.7 Å². The molecule has 3 rings (SSSR count). The van der Waals surface area contributed by atoms with Gasteiger partial charge in [0.15, 0.2) is 0 Å². The fourth-order valence-corrected chi connectivity index (χ4v) is 2.81. The van der Waals surface area contributed by atoms with Crippen LogP contribution in [-0.4, -0.2) is 22.8 Å². The minimum Gasteiger partial charge on any atom is -0.463 e. The Bertz CT molecular complexity index is 819. The van der Waals surface area contributed by atoms with Gasteiger partial charge in [-0.15, -0.1) is 0 Å². The van der Waals surface area contributed by atoms with Crippen molar-refractivity contribution in [3.05, 3.63) is 68.8 Å². The normalized spacial score (nSPS) is 10.6. The Labute approximate surface area is 130 Å². The number of furan rings is 1. The van der Waals surface area contributed by atoms with Crippen LogP contribution in [-0.2, 0) is 6.54 Å². The smallest absolute Gasteiger partial charge is 0.261 e. The number of hydrogen-bond acceptors (Lipinski definition) is 4. The van der Waals surface area contributed by atoms with Gasteiger partial charge in [0.05, 0.1) is 12.0 Å². The molecule has 0 radical (unpaired) electrons. The first kappa shape index (κ1) is 14.3. The minimum atomic E-state index is -0.420. The molecule has 0 unspecified atom stereocenters. The van der Waals surface area contributed by atoms with E-state index in [4.69, 9.17) is 4.42 Å². The number of aromatic amines is 1. The van der Waals surface area contributed by atoms with E-state index >= 15 is 0 Å². The third-order valence-electron chi connectivity index (χ3n) is 3.27. The molecule has 0 saturated carbocycles. The van der Waals surface area contributed by atoms with Gasteiger partial charge in [0.1, 0.15) is 11.3 Å². The molecule has 0 aliphatic carbocycles. The molecule has 0 fully saturated rings. The summed E-state index contributed by atoms with van der Waals surface area (Å²) in [7, 11) is 1.68. The van der Waals surface area contributed by atoms with Gasteiger partial charge in [-0.1, -0.05) is 0 Å². The third kappa shape index (κ3) is 2.87. The lowest BCUT2D eigenvalue weighted by atomic mass is 10.2. The van der Waals surface area contributed by atoms with Crippen molar-refractivity contribution in [1.29, 1.82) is 0 Å². The molecule has 3 aromatic heterocycles. The van der Waals surface area contributed by atoms with Crippen LogP contribution < -0.4 is 5.56 Å². The fourth-order valence-electron chi connectivity index (χ4n) is 2.15. The maximum atomic E-state index is 12.4. The predicted molar refractivity (Wildman–Crippen MR) is 84.9 cm³/mol. The van der Waals surface area contributed by atoms with E-state index in [-0.39, 0.29) is 11.5 Å². The van der Waals surface area contributed by atoms with Crippen molar-refractivity contribution in [1.82, 2.24) is 9.88 Å². The Morgan fingerprint density at radius 1 is 1.32 bits per heavy atom. The van der Waals surface area contributed by atoms with Crippen LogP contribution in [0.4, 0.5) is 0 Å². The van der Waals surface area contributed by atoms with E-state index in [1.807, 2.05) is 16.8 Å². The van der Waals surface area contributed by atoms with Crippen LogP contribution >= 0.6 is 11.3 Å². The Morgan fingerprint density at radius 2 is 2.18 bits per heavy atom. The molecular formula is C16H14N2O3S. The number of nitrogens with zero attached hydrogens (tertiary/aromatic N) is 1. The second kappa shape index (κ2) is 6.03. The number of nitrogens with one attached hydrogen (secondary N) is 1. The average Bonchev–Trinajstić information content (AvgIpc) is 3.19. The first-order valence-electron chi connectivity index (χ1n) is 6.69. The van der Waals surface area contributed by atoms with Gasteiger partial charge >= 0.3 is 0 Å². The summed E-state index contributed by atoms with van der Waals surface area (Å²) in [4.78, 5) is 28.7. The first-order chi connectivity index (χ1) is 10.6. The number of aromatic nitrogens is 1. The number of H-pyrrole nitrogens is 1. The number of hydrogen-bond donors (Lipinski definition) is 1. The summed E-state index contributed by atoms with van der Waals surface area (Å²) >= 11 is 1.58. The van der Waals surface area contributed by atoms with Gasteiger partial charge in [0, 0.05) is 13.6 Å². The lowest BCUT2D eigenvalue weighted by Gasteiger charge is -2.16. The van der Waals surface area contributed by atoms with Gasteiger partial charge in [0.25, 0.3) is 11.5 Å². The molecule has 3 aromatic rings. The maximum absolute atomic E-state index is 12.4. The second-order valence-electron chi connectivity index (χ2n) is 4.88. The van der Waals surface area contributed by atoms with Crippen LogP contribution in [0.2, 0.25) is 0 Å². The number of rotatable bonds is 4. The molecular weight excluding hydrogens is 300 g/mol. The van der Waals surface area contributed by atoms with Crippen molar-refractivity contribution in [3.8, 4) is 11.5 Å². The van der Waals surface area contributed by atoms with Crippen molar-refractivity contribution in [2.24, 2.45) is 0 Å². The zero-order valence-corrected chi connectivity index (χ0v) is 12.7. The van der Waals surface area contributed by atoms with E-state index in [1.54, 1.807) is 36.6 Å². The predicted octanol–water partition coefficient (Wildman–Crippen LogP) is 2.97. The molecule has 0 saturated heterocycles. The SMILES string of the molecule is CN(Cc1ccsc1)C(=O)c1ccc(-c2ccco2)[nH]c1=O. The number of pyridine rings is 1. The molecule has 112 valence electrons. The number of thiophene rings is 1. The molecule has 5 nitrogen and oxygen atoms in total. The monoisotopic (exact) mass is 314 g/mol. The Hall–Kier alpha value is -2.60. The highest BCUT2D eigenvalue weighted by molar-refractivity contribution is 7.07. The molecule has 3 heterocycles. The molecule has 1 N–H and O–H groups in total. The molecule has 0 aliphatic rings. The fraction of sp³-hybridized carbons (Fsp3) is 0.125. The number of carbonyl (C=O) groups is 1. The Balaban J connectivity index is 1.82. The topological polar surface area (TPSA) is 66.3 Å². The van der Waals surface area contributed by atoms with Gasteiger partial charge in [-0.3, -0.25) is 9.59 Å². The van der Waals surface area contributed by atoms with E-state index in [9.17, 15) is 9.59 Å². The van der Waals surface area contributed by atoms with Gasteiger partial charge < -0.3 is 14.3 Å². The summed E-state index contributed by atoms with van der Waals surface area (Å²) < 4.78 is 5.23. The van der Waals surface area contributed by atoms with Gasteiger partial charge in [-0.25, -0.2) is 0 Å². The van der Waals surface area contributed by atoms with Crippen molar-refractivity contribution >= 4 is 17.2 Å². The zero-order chi connectivity index (χ0) is 15.5. The van der Waals surface area contributed by atoms with E-state index in [0.717, 1.165) is 5.56 Å². The van der Waals surface area contributed by atoms with Crippen LogP contribution in [0.25, 0.3) is 11.5 Å². The lowest BCUT2D eigenvalue weighted by molar-refractivity contribution is 0.0783. The molecule has 0 atom stereocenters. The number of amides is 1. The van der Waals surface area contributed by atoms with Crippen molar-refractivity contribution < 1.29 is 9.21 Å². The van der Waals surface area contributed by atoms with Crippen LogP contribution in [0.15, 0.2) is 56.6 Å². The van der Waals surface area contributed by atoms with Crippen LogP contribution in [0.3, 0.4) is 0 Å². The summed E-state index contributed by atoms with van der Waals surface area (Å²) in [6.45, 7) is 0.474. The quantitative estimate of drug-likeness (QED) is 0.805. The summed E-state index contributed by atoms with van der Waals surface area (Å²) in [6.07, 6.45) is 1.53. The van der Waals surface area contributed by atoms with E-state index in [2.05, 4.69) is 4.98 Å². The largest absolute Gasteiger partial charge is 0.463 e. The molecule has 6 heteroatoms. The van der Waals surface area contributed by atoms with Crippen LogP contribution in [0, 0.1) is 0 Å². The van der Waals surface area contributed by atoms with Crippen molar-refractivity contribution in [2.75, 3.05) is 7.05 Å². The Kier molecular flexibility index (Phi) is 3.93. The maximum Gasteiger partial charge on any atom is 0.261 e. The minimum absolute atomic E-state index is 0.119. The summed E-state index contributed by atoms with van der Waals surface area (Å²) in [5.74, 6) is 0.251.